The van der Waals surface area contributed by atoms with E-state index in [1.54, 1.807) is 6.33 Å². The van der Waals surface area contributed by atoms with Crippen molar-refractivity contribution in [3.8, 4) is 0 Å². The fourth-order valence-corrected chi connectivity index (χ4v) is 3.98. The first-order valence-electron chi connectivity index (χ1n) is 6.71. The molecule has 6 heteroatoms. The first-order chi connectivity index (χ1) is 10.2. The zero-order valence-electron chi connectivity index (χ0n) is 11.6. The minimum absolute atomic E-state index is 0.0760. The molecule has 0 radical (unpaired) electrons. The second kappa shape index (κ2) is 5.77. The van der Waals surface area contributed by atoms with Gasteiger partial charge in [0.25, 0.3) is 0 Å². The monoisotopic (exact) mass is 320 g/mol. The number of ether oxygens (including phenoxy) is 1. The lowest BCUT2D eigenvalue weighted by molar-refractivity contribution is -0.137. The minimum Gasteiger partial charge on any atom is -0.465 e. The largest absolute Gasteiger partial charge is 0.465 e. The van der Waals surface area contributed by atoms with Gasteiger partial charge in [-0.25, -0.2) is 4.98 Å². The number of esters is 1. The van der Waals surface area contributed by atoms with Crippen LogP contribution >= 0.6 is 22.5 Å². The third kappa shape index (κ3) is 2.46. The van der Waals surface area contributed by atoms with Crippen molar-refractivity contribution in [3.63, 3.8) is 0 Å². The number of nitrogens with zero attached hydrogens (tertiary/aromatic N) is 1. The summed E-state index contributed by atoms with van der Waals surface area (Å²) in [5, 5.41) is 0. The zero-order valence-corrected chi connectivity index (χ0v) is 13.3. The summed E-state index contributed by atoms with van der Waals surface area (Å²) < 4.78 is 5.21. The van der Waals surface area contributed by atoms with Crippen LogP contribution in [0.25, 0.3) is 0 Å². The van der Waals surface area contributed by atoms with Crippen molar-refractivity contribution in [1.82, 2.24) is 9.97 Å². The number of hydrogen-bond donors (Lipinski definition) is 2. The van der Waals surface area contributed by atoms with Gasteiger partial charge in [0.2, 0.25) is 0 Å². The van der Waals surface area contributed by atoms with Gasteiger partial charge in [0, 0.05) is 28.1 Å². The number of rotatable bonds is 4. The van der Waals surface area contributed by atoms with Crippen molar-refractivity contribution in [1.29, 1.82) is 0 Å². The van der Waals surface area contributed by atoms with Crippen molar-refractivity contribution in [2.45, 2.75) is 23.7 Å². The summed E-state index contributed by atoms with van der Waals surface area (Å²) in [6.07, 6.45) is 3.91. The van der Waals surface area contributed by atoms with Crippen molar-refractivity contribution in [3.05, 3.63) is 48.0 Å². The van der Waals surface area contributed by atoms with E-state index in [-0.39, 0.29) is 17.3 Å². The van der Waals surface area contributed by atoms with Crippen molar-refractivity contribution < 1.29 is 9.53 Å². The van der Waals surface area contributed by atoms with E-state index in [2.05, 4.69) is 34.6 Å². The molecule has 1 aromatic carbocycles. The number of aromatic nitrogens is 2. The van der Waals surface area contributed by atoms with Gasteiger partial charge in [-0.3, -0.25) is 4.79 Å². The molecule has 2 heterocycles. The highest BCUT2D eigenvalue weighted by molar-refractivity contribution is 8.68. The number of hydrogen-bond acceptors (Lipinski definition) is 5. The summed E-state index contributed by atoms with van der Waals surface area (Å²) in [4.78, 5) is 20.0. The Balaban J connectivity index is 2.14. The Morgan fingerprint density at radius 2 is 2.29 bits per heavy atom. The van der Waals surface area contributed by atoms with E-state index in [4.69, 9.17) is 4.74 Å². The maximum atomic E-state index is 11.6. The average Bonchev–Trinajstić information content (AvgIpc) is 3.18. The molecule has 0 bridgehead atoms. The number of aromatic amines is 1. The Bertz CT molecular complexity index is 645. The summed E-state index contributed by atoms with van der Waals surface area (Å²) in [5.41, 5.74) is 1.76. The van der Waals surface area contributed by atoms with E-state index in [1.807, 2.05) is 24.4 Å². The zero-order chi connectivity index (χ0) is 14.9. The Labute approximate surface area is 132 Å². The molecule has 0 amide bonds. The molecule has 2 unspecified atom stereocenters. The number of carbonyl (C=O) groups is 1. The normalized spacial score (nSPS) is 21.0. The van der Waals surface area contributed by atoms with Crippen LogP contribution in [0.3, 0.4) is 0 Å². The Morgan fingerprint density at radius 3 is 2.90 bits per heavy atom. The summed E-state index contributed by atoms with van der Waals surface area (Å²) in [5.74, 6) is -0.0613. The molecule has 2 aromatic rings. The quantitative estimate of drug-likeness (QED) is 0.516. The smallest absolute Gasteiger partial charge is 0.306 e. The van der Waals surface area contributed by atoms with Crippen molar-refractivity contribution in [2.24, 2.45) is 5.92 Å². The lowest BCUT2D eigenvalue weighted by atomic mass is 9.69. The van der Waals surface area contributed by atoms with Gasteiger partial charge in [-0.05, 0) is 18.6 Å². The molecule has 1 saturated heterocycles. The third-order valence-electron chi connectivity index (χ3n) is 4.28. The number of nitrogens with one attached hydrogen (secondary N) is 1. The maximum Gasteiger partial charge on any atom is 0.306 e. The first-order valence-corrected chi connectivity index (χ1v) is 8.58. The second-order valence-corrected chi connectivity index (χ2v) is 6.51. The highest BCUT2D eigenvalue weighted by Crippen LogP contribution is 2.45. The number of imidazole rings is 1. The van der Waals surface area contributed by atoms with Crippen molar-refractivity contribution in [2.75, 3.05) is 6.61 Å². The molecular weight excluding hydrogens is 304 g/mol. The summed E-state index contributed by atoms with van der Waals surface area (Å²) >= 11 is 4.36. The van der Waals surface area contributed by atoms with E-state index in [9.17, 15) is 4.79 Å². The second-order valence-electron chi connectivity index (χ2n) is 5.34. The molecule has 0 spiro atoms. The van der Waals surface area contributed by atoms with Gasteiger partial charge in [0.15, 0.2) is 0 Å². The van der Waals surface area contributed by atoms with E-state index in [0.29, 0.717) is 13.0 Å². The third-order valence-corrected chi connectivity index (χ3v) is 5.42. The molecule has 1 aromatic heterocycles. The molecule has 1 fully saturated rings. The molecule has 2 atom stereocenters. The first kappa shape index (κ1) is 14.5. The van der Waals surface area contributed by atoms with Gasteiger partial charge in [-0.1, -0.05) is 29.0 Å². The molecule has 1 aliphatic heterocycles. The minimum atomic E-state index is -0.366. The van der Waals surface area contributed by atoms with Crippen LogP contribution < -0.4 is 0 Å². The fraction of sp³-hybridized carbons (Fsp3) is 0.333. The standard InChI is InChI=1S/C15H16N2O2S2/c1-15(13-7-16-9-17-13,10-6-14(18)19-8-10)11-4-2-3-5-12(11)21-20/h2-5,7,9-10,20H,6,8H2,1H3,(H,16,17). The molecule has 21 heavy (non-hydrogen) atoms. The number of cyclic esters (lactones) is 1. The van der Waals surface area contributed by atoms with E-state index in [1.165, 1.54) is 10.8 Å². The van der Waals surface area contributed by atoms with E-state index >= 15 is 0 Å². The molecular formula is C15H16N2O2S2. The van der Waals surface area contributed by atoms with Gasteiger partial charge in [0.1, 0.15) is 0 Å². The highest BCUT2D eigenvalue weighted by atomic mass is 33.1. The molecule has 1 N–H and O–H groups in total. The fourth-order valence-electron chi connectivity index (χ4n) is 2.98. The van der Waals surface area contributed by atoms with Gasteiger partial charge in [-0.2, -0.15) is 0 Å². The predicted octanol–water partition coefficient (Wildman–Crippen LogP) is 3.22. The van der Waals surface area contributed by atoms with Gasteiger partial charge < -0.3 is 9.72 Å². The van der Waals surface area contributed by atoms with Crippen LogP contribution in [0.5, 0.6) is 0 Å². The summed E-state index contributed by atoms with van der Waals surface area (Å²) in [6, 6.07) is 8.13. The average molecular weight is 320 g/mol. The van der Waals surface area contributed by atoms with Gasteiger partial charge >= 0.3 is 5.97 Å². The van der Waals surface area contributed by atoms with Crippen LogP contribution in [0.1, 0.15) is 24.6 Å². The van der Waals surface area contributed by atoms with Gasteiger partial charge in [-0.15, -0.1) is 11.7 Å². The van der Waals surface area contributed by atoms with Crippen LogP contribution in [0, 0.1) is 5.92 Å². The molecule has 0 aliphatic carbocycles. The molecule has 4 nitrogen and oxygen atoms in total. The lowest BCUT2D eigenvalue weighted by Gasteiger charge is -2.35. The molecule has 3 rings (SSSR count). The van der Waals surface area contributed by atoms with Crippen LogP contribution in [0.4, 0.5) is 0 Å². The van der Waals surface area contributed by atoms with Gasteiger partial charge in [0.05, 0.1) is 19.4 Å². The topological polar surface area (TPSA) is 55.0 Å². The summed E-state index contributed by atoms with van der Waals surface area (Å²) in [7, 11) is 1.41. The predicted molar refractivity (Wildman–Crippen MR) is 85.4 cm³/mol. The summed E-state index contributed by atoms with van der Waals surface area (Å²) in [6.45, 7) is 2.57. The van der Waals surface area contributed by atoms with Crippen LogP contribution in [0.15, 0.2) is 41.7 Å². The Morgan fingerprint density at radius 1 is 1.48 bits per heavy atom. The molecule has 110 valence electrons. The van der Waals surface area contributed by atoms with E-state index in [0.717, 1.165) is 16.2 Å². The number of thiol groups is 1. The lowest BCUT2D eigenvalue weighted by Crippen LogP contribution is -2.35. The van der Waals surface area contributed by atoms with Crippen LogP contribution in [0.2, 0.25) is 0 Å². The van der Waals surface area contributed by atoms with Crippen LogP contribution in [-0.2, 0) is 14.9 Å². The number of benzene rings is 1. The van der Waals surface area contributed by atoms with E-state index < -0.39 is 0 Å². The number of carbonyl (C=O) groups excluding carboxylic acids is 1. The van der Waals surface area contributed by atoms with Crippen LogP contribution in [-0.4, -0.2) is 22.5 Å². The molecule has 0 saturated carbocycles. The SMILES string of the molecule is CC(c1cnc[nH]1)(c1ccccc1SS)C1COC(=O)C1. The Kier molecular flexibility index (Phi) is 3.99. The maximum absolute atomic E-state index is 11.6. The highest BCUT2D eigenvalue weighted by Gasteiger charge is 2.44. The Hall–Kier alpha value is -1.40. The number of H-pyrrole nitrogens is 1. The van der Waals surface area contributed by atoms with Crippen molar-refractivity contribution >= 4 is 28.4 Å². The molecule has 1 aliphatic rings.